The average Bonchev–Trinajstić information content (AvgIpc) is 3.54. The Bertz CT molecular complexity index is 1560. The van der Waals surface area contributed by atoms with Crippen molar-refractivity contribution in [3.05, 3.63) is 72.1 Å². The van der Waals surface area contributed by atoms with E-state index in [0.717, 1.165) is 66.8 Å². The van der Waals surface area contributed by atoms with Gasteiger partial charge in [0, 0.05) is 53.9 Å². The van der Waals surface area contributed by atoms with Crippen molar-refractivity contribution in [1.82, 2.24) is 19.8 Å². The maximum absolute atomic E-state index is 12.6. The van der Waals surface area contributed by atoms with Crippen LogP contribution >= 0.6 is 0 Å². The molecule has 0 saturated heterocycles. The zero-order valence-corrected chi connectivity index (χ0v) is 25.7. The number of nitrogens with one attached hydrogen (secondary N) is 2. The van der Waals surface area contributed by atoms with E-state index >= 15 is 0 Å². The van der Waals surface area contributed by atoms with Crippen molar-refractivity contribution in [1.29, 1.82) is 0 Å². The van der Waals surface area contributed by atoms with Crippen molar-refractivity contribution in [3.8, 4) is 0 Å². The fourth-order valence-corrected chi connectivity index (χ4v) is 6.89. The smallest absolute Gasteiger partial charge is 0.308 e. The SMILES string of the molecule is CC(=O)[C@@H]1CCCC[C@@H]1NC(=O)c1cc2ccccc2n1C.Cn1c(C(=O)N[C@H]2CCCC[C@H]2C(=O)O)cc2ccccc21. The molecule has 2 fully saturated rings. The molecule has 2 aliphatic carbocycles. The molecule has 44 heavy (non-hydrogen) atoms. The number of hydrogen-bond donors (Lipinski definition) is 3. The Balaban J connectivity index is 0.000000175. The summed E-state index contributed by atoms with van der Waals surface area (Å²) in [5.41, 5.74) is 3.25. The monoisotopic (exact) mass is 598 g/mol. The number of fused-ring (bicyclic) bond motifs is 2. The zero-order valence-electron chi connectivity index (χ0n) is 25.7. The molecule has 9 nitrogen and oxygen atoms in total. The second-order valence-electron chi connectivity index (χ2n) is 12.2. The lowest BCUT2D eigenvalue weighted by atomic mass is 9.82. The number of ketones is 1. The number of aromatic nitrogens is 2. The largest absolute Gasteiger partial charge is 0.481 e. The number of amides is 2. The Hall–Kier alpha value is -4.40. The summed E-state index contributed by atoms with van der Waals surface area (Å²) in [6.45, 7) is 1.63. The van der Waals surface area contributed by atoms with E-state index in [9.17, 15) is 24.3 Å². The standard InChI is InChI=1S/C18H22N2O2.C17H20N2O3/c1-12(21)14-8-4-5-9-15(14)19-18(22)17-11-13-7-3-6-10-16(13)20(17)2;1-19-14-9-5-2-6-11(14)10-15(19)16(20)18-13-8-4-3-7-12(13)17(21)22/h3,6-7,10-11,14-15H,4-5,8-9H2,1-2H3,(H,19,22);2,5-6,9-10,12-13H,3-4,7-8H2,1H3,(H,18,20)(H,21,22)/t14-,15-;12-,13+/m01/s1. The zero-order chi connectivity index (χ0) is 31.4. The van der Waals surface area contributed by atoms with Gasteiger partial charge in [-0.25, -0.2) is 0 Å². The van der Waals surface area contributed by atoms with E-state index in [2.05, 4.69) is 10.6 Å². The minimum atomic E-state index is -0.818. The normalized spacial score (nSPS) is 21.7. The lowest BCUT2D eigenvalue weighted by molar-refractivity contribution is -0.143. The lowest BCUT2D eigenvalue weighted by Crippen LogP contribution is -2.45. The molecular formula is C35H42N4O5. The summed E-state index contributed by atoms with van der Waals surface area (Å²) in [5.74, 6) is -1.43. The van der Waals surface area contributed by atoms with E-state index in [-0.39, 0.29) is 35.6 Å². The summed E-state index contributed by atoms with van der Waals surface area (Å²) < 4.78 is 3.76. The van der Waals surface area contributed by atoms with Gasteiger partial charge in [0.2, 0.25) is 0 Å². The minimum absolute atomic E-state index is 0.0308. The maximum atomic E-state index is 12.6. The Morgan fingerprint density at radius 2 is 1.07 bits per heavy atom. The average molecular weight is 599 g/mol. The van der Waals surface area contributed by atoms with Crippen LogP contribution < -0.4 is 10.6 Å². The fourth-order valence-electron chi connectivity index (χ4n) is 6.89. The number of para-hydroxylation sites is 2. The number of nitrogens with zero attached hydrogens (tertiary/aromatic N) is 2. The number of aliphatic carboxylic acids is 1. The lowest BCUT2D eigenvalue weighted by Gasteiger charge is -2.30. The van der Waals surface area contributed by atoms with Crippen molar-refractivity contribution in [2.24, 2.45) is 25.9 Å². The molecule has 0 spiro atoms. The predicted octanol–water partition coefficient (Wildman–Crippen LogP) is 5.61. The van der Waals surface area contributed by atoms with Gasteiger partial charge in [0.1, 0.15) is 17.2 Å². The highest BCUT2D eigenvalue weighted by Gasteiger charge is 2.33. The van der Waals surface area contributed by atoms with Crippen molar-refractivity contribution >= 4 is 45.4 Å². The van der Waals surface area contributed by atoms with Crippen molar-refractivity contribution in [2.75, 3.05) is 0 Å². The van der Waals surface area contributed by atoms with Gasteiger partial charge in [-0.15, -0.1) is 0 Å². The van der Waals surface area contributed by atoms with Crippen molar-refractivity contribution < 1.29 is 24.3 Å². The van der Waals surface area contributed by atoms with Gasteiger partial charge in [-0.1, -0.05) is 62.1 Å². The first-order chi connectivity index (χ1) is 21.2. The third kappa shape index (κ3) is 6.56. The van der Waals surface area contributed by atoms with Crippen LogP contribution in [0.2, 0.25) is 0 Å². The van der Waals surface area contributed by atoms with Crippen LogP contribution in [-0.4, -0.2) is 49.9 Å². The first-order valence-corrected chi connectivity index (χ1v) is 15.6. The van der Waals surface area contributed by atoms with Gasteiger partial charge < -0.3 is 24.9 Å². The summed E-state index contributed by atoms with van der Waals surface area (Å²) in [6, 6.07) is 19.2. The van der Waals surface area contributed by atoms with Crippen LogP contribution in [-0.2, 0) is 23.7 Å². The summed E-state index contributed by atoms with van der Waals surface area (Å²) in [6.07, 6.45) is 7.16. The molecule has 2 amide bonds. The predicted molar refractivity (Wildman–Crippen MR) is 171 cm³/mol. The molecule has 4 atom stereocenters. The van der Waals surface area contributed by atoms with E-state index in [4.69, 9.17) is 0 Å². The molecule has 2 saturated carbocycles. The van der Waals surface area contributed by atoms with Crippen LogP contribution in [0.15, 0.2) is 60.7 Å². The molecule has 2 aromatic heterocycles. The van der Waals surface area contributed by atoms with Gasteiger partial charge in [0.25, 0.3) is 11.8 Å². The number of carbonyl (C=O) groups excluding carboxylic acids is 3. The van der Waals surface area contributed by atoms with Crippen molar-refractivity contribution in [2.45, 2.75) is 70.4 Å². The molecule has 3 N–H and O–H groups in total. The molecular weight excluding hydrogens is 556 g/mol. The van der Waals surface area contributed by atoms with Crippen LogP contribution in [0.1, 0.15) is 79.3 Å². The molecule has 0 aliphatic heterocycles. The van der Waals surface area contributed by atoms with Crippen LogP contribution in [0, 0.1) is 11.8 Å². The fraction of sp³-hybridized carbons (Fsp3) is 0.429. The number of hydrogen-bond acceptors (Lipinski definition) is 4. The molecule has 0 radical (unpaired) electrons. The van der Waals surface area contributed by atoms with Crippen LogP contribution in [0.4, 0.5) is 0 Å². The molecule has 0 unspecified atom stereocenters. The van der Waals surface area contributed by atoms with E-state index in [0.29, 0.717) is 17.8 Å². The topological polar surface area (TPSA) is 122 Å². The minimum Gasteiger partial charge on any atom is -0.481 e. The van der Waals surface area contributed by atoms with Crippen LogP contribution in [0.3, 0.4) is 0 Å². The molecule has 4 aromatic rings. The molecule has 9 heteroatoms. The molecule has 0 bridgehead atoms. The number of carbonyl (C=O) groups is 4. The summed E-state index contributed by atoms with van der Waals surface area (Å²) in [4.78, 5) is 48.3. The second-order valence-corrected chi connectivity index (χ2v) is 12.2. The molecule has 2 aliphatic rings. The van der Waals surface area contributed by atoms with Gasteiger partial charge in [0.05, 0.1) is 5.92 Å². The van der Waals surface area contributed by atoms with Crippen LogP contribution in [0.5, 0.6) is 0 Å². The molecule has 232 valence electrons. The number of carboxylic acids is 1. The summed E-state index contributed by atoms with van der Waals surface area (Å²) >= 11 is 0. The maximum Gasteiger partial charge on any atom is 0.308 e. The van der Waals surface area contributed by atoms with E-state index in [1.807, 2.05) is 83.9 Å². The number of rotatable bonds is 6. The molecule has 2 aromatic carbocycles. The quantitative estimate of drug-likeness (QED) is 0.266. The van der Waals surface area contributed by atoms with Crippen molar-refractivity contribution in [3.63, 3.8) is 0 Å². The van der Waals surface area contributed by atoms with Crippen LogP contribution in [0.25, 0.3) is 21.8 Å². The number of carboxylic acid groups (broad SMARTS) is 1. The molecule has 2 heterocycles. The highest BCUT2D eigenvalue weighted by atomic mass is 16.4. The first kappa shape index (κ1) is 31.0. The van der Waals surface area contributed by atoms with Gasteiger partial charge in [-0.2, -0.15) is 0 Å². The Morgan fingerprint density at radius 1 is 0.659 bits per heavy atom. The van der Waals surface area contributed by atoms with E-state index < -0.39 is 11.9 Å². The van der Waals surface area contributed by atoms with Gasteiger partial charge >= 0.3 is 5.97 Å². The first-order valence-electron chi connectivity index (χ1n) is 15.6. The number of aryl methyl sites for hydroxylation is 2. The summed E-state index contributed by atoms with van der Waals surface area (Å²) in [7, 11) is 3.76. The second kappa shape index (κ2) is 13.5. The van der Waals surface area contributed by atoms with Gasteiger partial charge in [0.15, 0.2) is 0 Å². The van der Waals surface area contributed by atoms with E-state index in [1.54, 1.807) is 6.92 Å². The van der Waals surface area contributed by atoms with Gasteiger partial charge in [-0.3, -0.25) is 19.2 Å². The third-order valence-corrected chi connectivity index (χ3v) is 9.37. The molecule has 6 rings (SSSR count). The Kier molecular flexibility index (Phi) is 9.52. The highest BCUT2D eigenvalue weighted by Crippen LogP contribution is 2.27. The Labute approximate surface area is 257 Å². The highest BCUT2D eigenvalue weighted by molar-refractivity contribution is 6.00. The third-order valence-electron chi connectivity index (χ3n) is 9.37. The number of benzene rings is 2. The number of Topliss-reactive ketones (excluding diaryl/α,β-unsaturated/α-hetero) is 1. The summed E-state index contributed by atoms with van der Waals surface area (Å²) in [5, 5.41) is 17.4. The Morgan fingerprint density at radius 3 is 1.50 bits per heavy atom. The van der Waals surface area contributed by atoms with E-state index in [1.165, 1.54) is 0 Å². The van der Waals surface area contributed by atoms with Gasteiger partial charge in [-0.05, 0) is 56.9 Å².